The van der Waals surface area contributed by atoms with Gasteiger partial charge in [0.15, 0.2) is 0 Å². The Hall–Kier alpha value is -3.12. The van der Waals surface area contributed by atoms with E-state index in [-0.39, 0.29) is 5.91 Å². The van der Waals surface area contributed by atoms with Crippen molar-refractivity contribution in [2.75, 3.05) is 19.0 Å². The zero-order valence-corrected chi connectivity index (χ0v) is 16.2. The van der Waals surface area contributed by atoms with Gasteiger partial charge in [0.1, 0.15) is 23.6 Å². The van der Waals surface area contributed by atoms with E-state index in [1.54, 1.807) is 13.2 Å². The molecule has 0 spiro atoms. The number of nitrogens with zero attached hydrogens (tertiary/aromatic N) is 2. The Morgan fingerprint density at radius 2 is 1.89 bits per heavy atom. The molecule has 0 saturated carbocycles. The SMILES string of the molecule is COc1cccc(CCNC(=O)c2cc(NCc3ccc(Cl)cc3)ncn2)c1. The Kier molecular flexibility index (Phi) is 6.81. The topological polar surface area (TPSA) is 76.1 Å². The van der Waals surface area contributed by atoms with Crippen molar-refractivity contribution < 1.29 is 9.53 Å². The first kappa shape index (κ1) is 19.6. The number of ether oxygens (including phenoxy) is 1. The van der Waals surface area contributed by atoms with Gasteiger partial charge >= 0.3 is 0 Å². The van der Waals surface area contributed by atoms with Crippen LogP contribution >= 0.6 is 11.6 Å². The molecule has 0 saturated heterocycles. The summed E-state index contributed by atoms with van der Waals surface area (Å²) in [4.78, 5) is 20.6. The van der Waals surface area contributed by atoms with Crippen LogP contribution in [0.15, 0.2) is 60.9 Å². The minimum absolute atomic E-state index is 0.236. The quantitative estimate of drug-likeness (QED) is 0.606. The maximum atomic E-state index is 12.4. The third kappa shape index (κ3) is 5.69. The summed E-state index contributed by atoms with van der Waals surface area (Å²) in [6.45, 7) is 1.08. The van der Waals surface area contributed by atoms with E-state index in [9.17, 15) is 4.79 Å². The standard InChI is InChI=1S/C21H21ClN4O2/c1-28-18-4-2-3-15(11-18)9-10-23-21(27)19-12-20(26-14-25-19)24-13-16-5-7-17(22)8-6-16/h2-8,11-12,14H,9-10,13H2,1H3,(H,23,27)(H,24,25,26). The molecular weight excluding hydrogens is 376 g/mol. The van der Waals surface area contributed by atoms with Gasteiger partial charge in [-0.15, -0.1) is 0 Å². The molecule has 1 amide bonds. The van der Waals surface area contributed by atoms with E-state index >= 15 is 0 Å². The van der Waals surface area contributed by atoms with E-state index < -0.39 is 0 Å². The number of rotatable bonds is 8. The monoisotopic (exact) mass is 396 g/mol. The van der Waals surface area contributed by atoms with Crippen molar-refractivity contribution in [2.24, 2.45) is 0 Å². The third-order valence-corrected chi connectivity index (χ3v) is 4.37. The lowest BCUT2D eigenvalue weighted by Crippen LogP contribution is -2.26. The Morgan fingerprint density at radius 3 is 2.68 bits per heavy atom. The third-order valence-electron chi connectivity index (χ3n) is 4.12. The van der Waals surface area contributed by atoms with Gasteiger partial charge in [0.25, 0.3) is 5.91 Å². The van der Waals surface area contributed by atoms with E-state index in [0.717, 1.165) is 16.9 Å². The number of aromatic nitrogens is 2. The van der Waals surface area contributed by atoms with Gasteiger partial charge in [-0.25, -0.2) is 9.97 Å². The second-order valence-electron chi connectivity index (χ2n) is 6.13. The lowest BCUT2D eigenvalue weighted by molar-refractivity contribution is 0.0949. The first-order valence-corrected chi connectivity index (χ1v) is 9.23. The molecule has 2 aromatic carbocycles. The van der Waals surface area contributed by atoms with Crippen molar-refractivity contribution >= 4 is 23.3 Å². The highest BCUT2D eigenvalue weighted by Crippen LogP contribution is 2.13. The summed E-state index contributed by atoms with van der Waals surface area (Å²) in [6.07, 6.45) is 2.08. The minimum atomic E-state index is -0.236. The summed E-state index contributed by atoms with van der Waals surface area (Å²) in [6, 6.07) is 16.9. The van der Waals surface area contributed by atoms with Gasteiger partial charge in [-0.05, 0) is 41.8 Å². The molecule has 28 heavy (non-hydrogen) atoms. The molecule has 1 heterocycles. The van der Waals surface area contributed by atoms with Gasteiger partial charge < -0.3 is 15.4 Å². The van der Waals surface area contributed by atoms with Gasteiger partial charge in [-0.3, -0.25) is 4.79 Å². The smallest absolute Gasteiger partial charge is 0.270 e. The van der Waals surface area contributed by atoms with Crippen LogP contribution in [0.2, 0.25) is 5.02 Å². The van der Waals surface area contributed by atoms with Crippen LogP contribution in [-0.2, 0) is 13.0 Å². The van der Waals surface area contributed by atoms with E-state index in [2.05, 4.69) is 20.6 Å². The lowest BCUT2D eigenvalue weighted by atomic mass is 10.1. The highest BCUT2D eigenvalue weighted by molar-refractivity contribution is 6.30. The van der Waals surface area contributed by atoms with Crippen molar-refractivity contribution in [1.82, 2.24) is 15.3 Å². The van der Waals surface area contributed by atoms with Crippen molar-refractivity contribution in [3.05, 3.63) is 82.8 Å². The van der Waals surface area contributed by atoms with Crippen LogP contribution in [0.25, 0.3) is 0 Å². The zero-order chi connectivity index (χ0) is 19.8. The summed E-state index contributed by atoms with van der Waals surface area (Å²) < 4.78 is 5.21. The Bertz CT molecular complexity index is 932. The van der Waals surface area contributed by atoms with E-state index in [1.807, 2.05) is 48.5 Å². The summed E-state index contributed by atoms with van der Waals surface area (Å²) in [5.41, 5.74) is 2.47. The Labute approximate surface area is 168 Å². The van der Waals surface area contributed by atoms with Gasteiger partial charge in [-0.1, -0.05) is 35.9 Å². The molecule has 3 rings (SSSR count). The summed E-state index contributed by atoms with van der Waals surface area (Å²) in [5, 5.41) is 6.76. The van der Waals surface area contributed by atoms with Crippen LogP contribution in [0.1, 0.15) is 21.6 Å². The first-order valence-electron chi connectivity index (χ1n) is 8.85. The number of carbonyl (C=O) groups is 1. The minimum Gasteiger partial charge on any atom is -0.497 e. The maximum absolute atomic E-state index is 12.4. The molecule has 2 N–H and O–H groups in total. The van der Waals surface area contributed by atoms with Crippen LogP contribution in [0, 0.1) is 0 Å². The molecule has 0 radical (unpaired) electrons. The molecule has 6 nitrogen and oxygen atoms in total. The number of carbonyl (C=O) groups excluding carboxylic acids is 1. The van der Waals surface area contributed by atoms with Crippen molar-refractivity contribution in [3.8, 4) is 5.75 Å². The molecule has 0 aliphatic carbocycles. The number of nitrogens with one attached hydrogen (secondary N) is 2. The molecule has 0 aliphatic rings. The molecular formula is C21H21ClN4O2. The molecule has 0 bridgehead atoms. The first-order chi connectivity index (χ1) is 13.6. The van der Waals surface area contributed by atoms with Crippen LogP contribution < -0.4 is 15.4 Å². The van der Waals surface area contributed by atoms with Crippen LogP contribution in [0.5, 0.6) is 5.75 Å². The van der Waals surface area contributed by atoms with Crippen LogP contribution in [0.4, 0.5) is 5.82 Å². The van der Waals surface area contributed by atoms with E-state index in [0.29, 0.717) is 36.0 Å². The highest BCUT2D eigenvalue weighted by Gasteiger charge is 2.08. The normalized spacial score (nSPS) is 10.4. The molecule has 0 unspecified atom stereocenters. The Balaban J connectivity index is 1.52. The van der Waals surface area contributed by atoms with Gasteiger partial charge in [0.05, 0.1) is 7.11 Å². The van der Waals surface area contributed by atoms with Crippen LogP contribution in [0.3, 0.4) is 0 Å². The van der Waals surface area contributed by atoms with Gasteiger partial charge in [0.2, 0.25) is 0 Å². The molecule has 144 valence electrons. The second-order valence-corrected chi connectivity index (χ2v) is 6.56. The average molecular weight is 397 g/mol. The van der Waals surface area contributed by atoms with Crippen molar-refractivity contribution in [3.63, 3.8) is 0 Å². The predicted octanol–water partition coefficient (Wildman–Crippen LogP) is 3.72. The van der Waals surface area contributed by atoms with Gasteiger partial charge in [0, 0.05) is 24.2 Å². The number of methoxy groups -OCH3 is 1. The molecule has 7 heteroatoms. The number of hydrogen-bond donors (Lipinski definition) is 2. The molecule has 3 aromatic rings. The fourth-order valence-electron chi connectivity index (χ4n) is 2.61. The fourth-order valence-corrected chi connectivity index (χ4v) is 2.74. The lowest BCUT2D eigenvalue weighted by Gasteiger charge is -2.08. The Morgan fingerprint density at radius 1 is 1.07 bits per heavy atom. The zero-order valence-electron chi connectivity index (χ0n) is 15.5. The van der Waals surface area contributed by atoms with Gasteiger partial charge in [-0.2, -0.15) is 0 Å². The number of hydrogen-bond acceptors (Lipinski definition) is 5. The summed E-state index contributed by atoms with van der Waals surface area (Å²) in [7, 11) is 1.63. The largest absolute Gasteiger partial charge is 0.497 e. The second kappa shape index (κ2) is 9.71. The summed E-state index contributed by atoms with van der Waals surface area (Å²) in [5.74, 6) is 1.15. The number of anilines is 1. The van der Waals surface area contributed by atoms with Crippen LogP contribution in [-0.4, -0.2) is 29.5 Å². The number of benzene rings is 2. The van der Waals surface area contributed by atoms with Crippen molar-refractivity contribution in [2.45, 2.75) is 13.0 Å². The summed E-state index contributed by atoms with van der Waals surface area (Å²) >= 11 is 5.89. The number of halogens is 1. The molecule has 0 aliphatic heterocycles. The average Bonchev–Trinajstić information content (AvgIpc) is 2.73. The molecule has 0 atom stereocenters. The predicted molar refractivity (Wildman–Crippen MR) is 110 cm³/mol. The van der Waals surface area contributed by atoms with E-state index in [1.165, 1.54) is 6.33 Å². The van der Waals surface area contributed by atoms with E-state index in [4.69, 9.17) is 16.3 Å². The molecule has 0 fully saturated rings. The molecule has 1 aromatic heterocycles. The maximum Gasteiger partial charge on any atom is 0.270 e. The van der Waals surface area contributed by atoms with Crippen molar-refractivity contribution in [1.29, 1.82) is 0 Å². The highest BCUT2D eigenvalue weighted by atomic mass is 35.5. The fraction of sp³-hybridized carbons (Fsp3) is 0.190. The number of amides is 1.